The molecule has 0 aliphatic rings. The molecule has 4 rings (SSSR count). The zero-order valence-electron chi connectivity index (χ0n) is 23.1. The minimum Gasteiger partial charge on any atom is -0.359 e. The molecule has 0 fully saturated rings. The normalized spacial score (nSPS) is 12.5. The molecule has 4 aromatic rings. The fourth-order valence-corrected chi connectivity index (χ4v) is 4.78. The second-order valence-electron chi connectivity index (χ2n) is 10.3. The summed E-state index contributed by atoms with van der Waals surface area (Å²) in [5.74, 6) is 0. The van der Waals surface area contributed by atoms with Crippen molar-refractivity contribution in [3.63, 3.8) is 0 Å². The molecule has 0 saturated heterocycles. The number of nitrogens with one attached hydrogen (secondary N) is 3. The van der Waals surface area contributed by atoms with E-state index in [0.717, 1.165) is 61.2 Å². The van der Waals surface area contributed by atoms with Gasteiger partial charge in [0, 0.05) is 27.4 Å². The monoisotopic (exact) mass is 539 g/mol. The Labute approximate surface area is 233 Å². The second kappa shape index (κ2) is 11.3. The van der Waals surface area contributed by atoms with Crippen molar-refractivity contribution < 1.29 is 4.39 Å². The van der Waals surface area contributed by atoms with E-state index in [-0.39, 0.29) is 10.5 Å². The van der Waals surface area contributed by atoms with Gasteiger partial charge in [0.15, 0.2) is 5.13 Å². The number of aromatic nitrogens is 3. The number of nitrogens with zero attached hydrogens (tertiary/aromatic N) is 2. The SMILES string of the molecule is C=C/C(=C\C(=C/C)c1ccc2[nH]nc(C(=C)Nc3cccc(-c4ccc(F)s4)c3C)c2n1)NC(=C)C(C)(C)C. The number of allylic oxidation sites excluding steroid dienone is 5. The van der Waals surface area contributed by atoms with Crippen molar-refractivity contribution >= 4 is 39.3 Å². The maximum absolute atomic E-state index is 13.6. The highest BCUT2D eigenvalue weighted by molar-refractivity contribution is 7.13. The molecule has 200 valence electrons. The van der Waals surface area contributed by atoms with Crippen molar-refractivity contribution in [3.05, 3.63) is 114 Å². The molecule has 7 heteroatoms. The molecular weight excluding hydrogens is 505 g/mol. The summed E-state index contributed by atoms with van der Waals surface area (Å²) in [7, 11) is 0. The lowest BCUT2D eigenvalue weighted by Gasteiger charge is -2.23. The maximum atomic E-state index is 13.6. The van der Waals surface area contributed by atoms with E-state index in [9.17, 15) is 4.39 Å². The van der Waals surface area contributed by atoms with Gasteiger partial charge in [0.2, 0.25) is 0 Å². The van der Waals surface area contributed by atoms with E-state index < -0.39 is 0 Å². The first-order chi connectivity index (χ1) is 18.5. The Bertz CT molecular complexity index is 1630. The van der Waals surface area contributed by atoms with Crippen molar-refractivity contribution in [1.29, 1.82) is 0 Å². The van der Waals surface area contributed by atoms with E-state index in [1.54, 1.807) is 12.1 Å². The van der Waals surface area contributed by atoms with Crippen molar-refractivity contribution in [2.75, 3.05) is 5.32 Å². The van der Waals surface area contributed by atoms with Crippen molar-refractivity contribution in [3.8, 4) is 10.4 Å². The van der Waals surface area contributed by atoms with Crippen molar-refractivity contribution in [1.82, 2.24) is 20.5 Å². The topological polar surface area (TPSA) is 65.6 Å². The first kappa shape index (κ1) is 27.8. The molecule has 0 aliphatic heterocycles. The van der Waals surface area contributed by atoms with Crippen LogP contribution in [0.15, 0.2) is 91.8 Å². The molecule has 3 aromatic heterocycles. The van der Waals surface area contributed by atoms with Crippen LogP contribution in [0.3, 0.4) is 0 Å². The molecule has 0 atom stereocenters. The van der Waals surface area contributed by atoms with Gasteiger partial charge in [0.25, 0.3) is 0 Å². The summed E-state index contributed by atoms with van der Waals surface area (Å²) in [5, 5.41) is 14.1. The molecule has 0 aliphatic carbocycles. The van der Waals surface area contributed by atoms with Crippen LogP contribution in [0, 0.1) is 17.5 Å². The summed E-state index contributed by atoms with van der Waals surface area (Å²) < 4.78 is 13.6. The van der Waals surface area contributed by atoms with Gasteiger partial charge in [-0.15, -0.1) is 11.3 Å². The van der Waals surface area contributed by atoms with Gasteiger partial charge in [-0.1, -0.05) is 58.7 Å². The van der Waals surface area contributed by atoms with E-state index in [1.165, 1.54) is 6.07 Å². The standard InChI is InChI=1S/C32H34FN5S/c1-9-22(18-23(10-2)35-21(5)32(6,7)8)26-14-15-27-31(36-26)30(38-37-27)20(4)34-25-13-11-12-24(19(25)3)28-16-17-29(33)39-28/h9-18,34-35H,2,4-5H2,1,3,6-8H3,(H,37,38)/b22-9+,23-18+. The zero-order chi connectivity index (χ0) is 28.3. The van der Waals surface area contributed by atoms with Crippen LogP contribution in [-0.2, 0) is 0 Å². The smallest absolute Gasteiger partial charge is 0.176 e. The highest BCUT2D eigenvalue weighted by atomic mass is 32.1. The lowest BCUT2D eigenvalue weighted by molar-refractivity contribution is 0.478. The van der Waals surface area contributed by atoms with Crippen LogP contribution in [0.2, 0.25) is 0 Å². The van der Waals surface area contributed by atoms with E-state index in [4.69, 9.17) is 4.98 Å². The van der Waals surface area contributed by atoms with Gasteiger partial charge >= 0.3 is 0 Å². The van der Waals surface area contributed by atoms with Crippen LogP contribution >= 0.6 is 11.3 Å². The van der Waals surface area contributed by atoms with Gasteiger partial charge in [0.1, 0.15) is 11.2 Å². The molecule has 0 unspecified atom stereocenters. The lowest BCUT2D eigenvalue weighted by atomic mass is 9.92. The predicted molar refractivity (Wildman–Crippen MR) is 165 cm³/mol. The summed E-state index contributed by atoms with van der Waals surface area (Å²) in [6, 6.07) is 13.1. The molecule has 0 spiro atoms. The molecule has 39 heavy (non-hydrogen) atoms. The fraction of sp³-hybridized carbons (Fsp3) is 0.188. The molecule has 0 bridgehead atoms. The van der Waals surface area contributed by atoms with Gasteiger partial charge < -0.3 is 10.6 Å². The molecule has 5 nitrogen and oxygen atoms in total. The summed E-state index contributed by atoms with van der Waals surface area (Å²) in [6.07, 6.45) is 5.79. The largest absolute Gasteiger partial charge is 0.359 e. The van der Waals surface area contributed by atoms with Crippen LogP contribution in [0.25, 0.3) is 32.7 Å². The third-order valence-corrected chi connectivity index (χ3v) is 7.40. The average Bonchev–Trinajstić information content (AvgIpc) is 3.52. The third kappa shape index (κ3) is 6.10. The summed E-state index contributed by atoms with van der Waals surface area (Å²) in [5.41, 5.74) is 8.95. The van der Waals surface area contributed by atoms with E-state index in [2.05, 4.69) is 61.3 Å². The van der Waals surface area contributed by atoms with Gasteiger partial charge in [-0.3, -0.25) is 5.10 Å². The Kier molecular flexibility index (Phi) is 8.02. The minimum absolute atomic E-state index is 0.0910. The quantitative estimate of drug-likeness (QED) is 0.186. The predicted octanol–water partition coefficient (Wildman–Crippen LogP) is 8.84. The lowest BCUT2D eigenvalue weighted by Crippen LogP contribution is -2.22. The van der Waals surface area contributed by atoms with Crippen LogP contribution in [0.4, 0.5) is 10.1 Å². The number of hydrogen-bond donors (Lipinski definition) is 3. The van der Waals surface area contributed by atoms with Crippen LogP contribution in [-0.4, -0.2) is 15.2 Å². The average molecular weight is 540 g/mol. The van der Waals surface area contributed by atoms with E-state index in [0.29, 0.717) is 16.9 Å². The number of aromatic amines is 1. The van der Waals surface area contributed by atoms with Gasteiger partial charge in [0.05, 0.1) is 16.9 Å². The van der Waals surface area contributed by atoms with Gasteiger partial charge in [-0.25, -0.2) is 4.98 Å². The molecule has 1 aromatic carbocycles. The van der Waals surface area contributed by atoms with E-state index in [1.807, 2.05) is 56.3 Å². The van der Waals surface area contributed by atoms with Crippen LogP contribution < -0.4 is 10.6 Å². The van der Waals surface area contributed by atoms with Gasteiger partial charge in [-0.2, -0.15) is 9.49 Å². The molecule has 0 radical (unpaired) electrons. The summed E-state index contributed by atoms with van der Waals surface area (Å²) in [4.78, 5) is 5.82. The number of H-pyrrole nitrogens is 1. The molecule has 3 N–H and O–H groups in total. The van der Waals surface area contributed by atoms with Crippen LogP contribution in [0.5, 0.6) is 0 Å². The second-order valence-corrected chi connectivity index (χ2v) is 11.3. The number of rotatable bonds is 9. The zero-order valence-corrected chi connectivity index (χ0v) is 23.9. The molecule has 3 heterocycles. The third-order valence-electron chi connectivity index (χ3n) is 6.49. The first-order valence-electron chi connectivity index (χ1n) is 12.7. The number of thiophene rings is 1. The number of benzene rings is 1. The van der Waals surface area contributed by atoms with Crippen molar-refractivity contribution in [2.24, 2.45) is 5.41 Å². The van der Waals surface area contributed by atoms with Gasteiger partial charge in [-0.05, 0) is 73.0 Å². The molecule has 0 amide bonds. The molecule has 0 saturated carbocycles. The Balaban J connectivity index is 1.63. The highest BCUT2D eigenvalue weighted by Crippen LogP contribution is 2.34. The van der Waals surface area contributed by atoms with Crippen molar-refractivity contribution in [2.45, 2.75) is 34.6 Å². The molecular formula is C32H34FN5S. The highest BCUT2D eigenvalue weighted by Gasteiger charge is 2.17. The first-order valence-corrected chi connectivity index (χ1v) is 13.5. The minimum atomic E-state index is -0.206. The number of halogens is 1. The summed E-state index contributed by atoms with van der Waals surface area (Å²) >= 11 is 1.13. The number of fused-ring (bicyclic) bond motifs is 1. The summed E-state index contributed by atoms with van der Waals surface area (Å²) in [6.45, 7) is 22.7. The number of anilines is 1. The fourth-order valence-electron chi connectivity index (χ4n) is 3.97. The number of hydrogen-bond acceptors (Lipinski definition) is 5. The Morgan fingerprint density at radius 2 is 1.87 bits per heavy atom. The van der Waals surface area contributed by atoms with Crippen LogP contribution in [0.1, 0.15) is 44.6 Å². The Morgan fingerprint density at radius 3 is 2.51 bits per heavy atom. The van der Waals surface area contributed by atoms with E-state index >= 15 is 0 Å². The Morgan fingerprint density at radius 1 is 1.10 bits per heavy atom. The Hall–Kier alpha value is -4.23. The maximum Gasteiger partial charge on any atom is 0.176 e. The number of pyridine rings is 1.